The predicted molar refractivity (Wildman–Crippen MR) is 96.2 cm³/mol. The fraction of sp³-hybridized carbons (Fsp3) is 0.368. The molecular formula is C19H21F3N4O2. The number of likely N-dealkylation sites (tertiary alicyclic amines) is 1. The van der Waals surface area contributed by atoms with Gasteiger partial charge in [-0.25, -0.2) is 5.48 Å². The summed E-state index contributed by atoms with van der Waals surface area (Å²) in [7, 11) is 0. The van der Waals surface area contributed by atoms with E-state index >= 15 is 0 Å². The van der Waals surface area contributed by atoms with Gasteiger partial charge in [0.2, 0.25) is 0 Å². The number of hydrogen-bond acceptors (Lipinski definition) is 4. The summed E-state index contributed by atoms with van der Waals surface area (Å²) in [5.74, 6) is -0.599. The Morgan fingerprint density at radius 1 is 1.25 bits per heavy atom. The molecule has 0 unspecified atom stereocenters. The number of rotatable bonds is 6. The second-order valence-corrected chi connectivity index (χ2v) is 6.63. The number of nitrogens with one attached hydrogen (secondary N) is 1. The van der Waals surface area contributed by atoms with Crippen LogP contribution in [0.25, 0.3) is 6.08 Å². The minimum atomic E-state index is -4.42. The molecule has 9 heteroatoms. The number of carbonyl (C=O) groups is 1. The quantitative estimate of drug-likeness (QED) is 0.448. The molecule has 1 aromatic carbocycles. The van der Waals surface area contributed by atoms with E-state index in [-0.39, 0.29) is 6.04 Å². The molecule has 0 spiro atoms. The highest BCUT2D eigenvalue weighted by atomic mass is 19.4. The Morgan fingerprint density at radius 2 is 2.00 bits per heavy atom. The topological polar surface area (TPSA) is 70.4 Å². The number of hydroxylamine groups is 1. The number of benzene rings is 1. The summed E-state index contributed by atoms with van der Waals surface area (Å²) >= 11 is 0. The molecule has 150 valence electrons. The van der Waals surface area contributed by atoms with Crippen molar-refractivity contribution >= 4 is 12.0 Å². The standard InChI is InChI=1S/C19H21F3N4O2/c20-19(21,22)17-9-11-26(23-17)13-12-25-10-1-2-16(25)15-6-3-14(4-7-15)5-8-18(27)24-28/h3-9,11,16,28H,1-2,10,12-13H2,(H,24,27)/t16-/m0/s1. The van der Waals surface area contributed by atoms with Gasteiger partial charge in [0.1, 0.15) is 0 Å². The zero-order chi connectivity index (χ0) is 20.1. The van der Waals surface area contributed by atoms with E-state index in [2.05, 4.69) is 10.00 Å². The van der Waals surface area contributed by atoms with Crippen LogP contribution >= 0.6 is 0 Å². The average molecular weight is 394 g/mol. The van der Waals surface area contributed by atoms with Crippen LogP contribution in [0.5, 0.6) is 0 Å². The molecule has 28 heavy (non-hydrogen) atoms. The molecule has 0 saturated carbocycles. The summed E-state index contributed by atoms with van der Waals surface area (Å²) < 4.78 is 39.3. The monoisotopic (exact) mass is 394 g/mol. The lowest BCUT2D eigenvalue weighted by molar-refractivity contribution is -0.141. The first-order valence-corrected chi connectivity index (χ1v) is 8.93. The molecule has 1 aliphatic heterocycles. The van der Waals surface area contributed by atoms with Crippen molar-refractivity contribution in [3.8, 4) is 0 Å². The normalized spacial score (nSPS) is 18.1. The van der Waals surface area contributed by atoms with E-state index in [1.807, 2.05) is 24.3 Å². The Balaban J connectivity index is 1.60. The summed E-state index contributed by atoms with van der Waals surface area (Å²) in [5, 5.41) is 12.1. The highest BCUT2D eigenvalue weighted by Crippen LogP contribution is 2.32. The number of aromatic nitrogens is 2. The molecule has 0 radical (unpaired) electrons. The van der Waals surface area contributed by atoms with Crippen molar-refractivity contribution < 1.29 is 23.2 Å². The third kappa shape index (κ3) is 4.99. The maximum atomic E-state index is 12.7. The number of amides is 1. The third-order valence-electron chi connectivity index (χ3n) is 4.77. The molecule has 0 bridgehead atoms. The van der Waals surface area contributed by atoms with Gasteiger partial charge in [0.25, 0.3) is 5.91 Å². The average Bonchev–Trinajstić information content (AvgIpc) is 3.33. The van der Waals surface area contributed by atoms with E-state index < -0.39 is 17.8 Å². The van der Waals surface area contributed by atoms with Crippen molar-refractivity contribution in [2.24, 2.45) is 0 Å². The molecule has 1 fully saturated rings. The van der Waals surface area contributed by atoms with Crippen LogP contribution in [0.2, 0.25) is 0 Å². The van der Waals surface area contributed by atoms with Crippen LogP contribution in [0.15, 0.2) is 42.6 Å². The third-order valence-corrected chi connectivity index (χ3v) is 4.77. The highest BCUT2D eigenvalue weighted by Gasteiger charge is 2.33. The first-order chi connectivity index (χ1) is 13.4. The van der Waals surface area contributed by atoms with E-state index in [1.54, 1.807) is 6.08 Å². The van der Waals surface area contributed by atoms with Crippen molar-refractivity contribution in [1.29, 1.82) is 0 Å². The van der Waals surface area contributed by atoms with Gasteiger partial charge < -0.3 is 0 Å². The lowest BCUT2D eigenvalue weighted by atomic mass is 10.0. The summed E-state index contributed by atoms with van der Waals surface area (Å²) in [6, 6.07) is 8.93. The molecule has 1 saturated heterocycles. The number of alkyl halides is 3. The van der Waals surface area contributed by atoms with E-state index in [1.165, 1.54) is 22.4 Å². The van der Waals surface area contributed by atoms with Gasteiger partial charge in [-0.3, -0.25) is 19.6 Å². The minimum Gasteiger partial charge on any atom is -0.294 e. The molecule has 0 aliphatic carbocycles. The van der Waals surface area contributed by atoms with Crippen LogP contribution in [0, 0.1) is 0 Å². The largest absolute Gasteiger partial charge is 0.435 e. The maximum Gasteiger partial charge on any atom is 0.435 e. The van der Waals surface area contributed by atoms with Crippen LogP contribution in [-0.2, 0) is 17.5 Å². The maximum absolute atomic E-state index is 12.7. The molecule has 6 nitrogen and oxygen atoms in total. The van der Waals surface area contributed by atoms with Gasteiger partial charge >= 0.3 is 6.18 Å². The lowest BCUT2D eigenvalue weighted by Crippen LogP contribution is -2.27. The second kappa shape index (κ2) is 8.57. The Bertz CT molecular complexity index is 830. The highest BCUT2D eigenvalue weighted by molar-refractivity contribution is 5.90. The Hall–Kier alpha value is -2.65. The SMILES string of the molecule is O=C(C=Cc1ccc([C@@H]2CCCN2CCn2ccc(C(F)(F)F)n2)cc1)NO. The fourth-order valence-electron chi connectivity index (χ4n) is 3.38. The molecule has 1 atom stereocenters. The Morgan fingerprint density at radius 3 is 2.64 bits per heavy atom. The van der Waals surface area contributed by atoms with Crippen molar-refractivity contribution in [1.82, 2.24) is 20.2 Å². The van der Waals surface area contributed by atoms with E-state index in [4.69, 9.17) is 5.21 Å². The molecule has 3 rings (SSSR count). The van der Waals surface area contributed by atoms with Gasteiger partial charge in [0, 0.05) is 24.9 Å². The molecule has 2 N–H and O–H groups in total. The predicted octanol–water partition coefficient (Wildman–Crippen LogP) is 3.26. The number of hydrogen-bond donors (Lipinski definition) is 2. The minimum absolute atomic E-state index is 0.205. The molecular weight excluding hydrogens is 373 g/mol. The summed E-state index contributed by atoms with van der Waals surface area (Å²) in [4.78, 5) is 13.3. The zero-order valence-electron chi connectivity index (χ0n) is 15.1. The number of carbonyl (C=O) groups excluding carboxylic acids is 1. The van der Waals surface area contributed by atoms with Crippen LogP contribution in [0.4, 0.5) is 13.2 Å². The molecule has 1 amide bonds. The number of nitrogens with zero attached hydrogens (tertiary/aromatic N) is 3. The van der Waals surface area contributed by atoms with Crippen molar-refractivity contribution in [3.63, 3.8) is 0 Å². The van der Waals surface area contributed by atoms with Crippen LogP contribution in [0.1, 0.15) is 35.7 Å². The Labute approximate surface area is 160 Å². The molecule has 2 heterocycles. The van der Waals surface area contributed by atoms with Crippen molar-refractivity contribution in [3.05, 3.63) is 59.4 Å². The second-order valence-electron chi connectivity index (χ2n) is 6.63. The van der Waals surface area contributed by atoms with Crippen molar-refractivity contribution in [2.75, 3.05) is 13.1 Å². The van der Waals surface area contributed by atoms with Gasteiger partial charge in [-0.05, 0) is 42.7 Å². The van der Waals surface area contributed by atoms with E-state index in [9.17, 15) is 18.0 Å². The van der Waals surface area contributed by atoms with Crippen molar-refractivity contribution in [2.45, 2.75) is 31.6 Å². The zero-order valence-corrected chi connectivity index (χ0v) is 15.1. The lowest BCUT2D eigenvalue weighted by Gasteiger charge is -2.25. The Kier molecular flexibility index (Phi) is 6.15. The summed E-state index contributed by atoms with van der Waals surface area (Å²) in [5.41, 5.74) is 2.61. The van der Waals surface area contributed by atoms with E-state index in [0.717, 1.165) is 36.6 Å². The fourth-order valence-corrected chi connectivity index (χ4v) is 3.38. The van der Waals surface area contributed by atoms with E-state index in [0.29, 0.717) is 13.1 Å². The number of halogens is 3. The molecule has 1 aliphatic rings. The van der Waals surface area contributed by atoms with Crippen LogP contribution in [0.3, 0.4) is 0 Å². The van der Waals surface area contributed by atoms with Crippen LogP contribution in [-0.4, -0.2) is 38.9 Å². The molecule has 1 aromatic heterocycles. The first-order valence-electron chi connectivity index (χ1n) is 8.93. The molecule has 2 aromatic rings. The first kappa shape index (κ1) is 20.1. The van der Waals surface area contributed by atoms with Gasteiger partial charge in [0.15, 0.2) is 5.69 Å². The summed E-state index contributed by atoms with van der Waals surface area (Å²) in [6.07, 6.45) is 1.77. The van der Waals surface area contributed by atoms with Gasteiger partial charge in [0.05, 0.1) is 6.54 Å². The van der Waals surface area contributed by atoms with Gasteiger partial charge in [-0.2, -0.15) is 18.3 Å². The smallest absolute Gasteiger partial charge is 0.294 e. The van der Waals surface area contributed by atoms with Gasteiger partial charge in [-0.1, -0.05) is 24.3 Å². The summed E-state index contributed by atoms with van der Waals surface area (Å²) in [6.45, 7) is 1.89. The van der Waals surface area contributed by atoms with Crippen LogP contribution < -0.4 is 5.48 Å². The van der Waals surface area contributed by atoms with Gasteiger partial charge in [-0.15, -0.1) is 0 Å².